The Balaban J connectivity index is 2.09. The summed E-state index contributed by atoms with van der Waals surface area (Å²) in [5.74, 6) is -3.06. The quantitative estimate of drug-likeness (QED) is 0.179. The Labute approximate surface area is 214 Å². The first-order chi connectivity index (χ1) is 17.7. The molecule has 0 unspecified atom stereocenters. The molecule has 4 atom stereocenters. The lowest BCUT2D eigenvalue weighted by molar-refractivity contribution is -0.132. The van der Waals surface area contributed by atoms with Crippen molar-refractivity contribution in [2.45, 2.75) is 57.3 Å². The number of H-pyrrole nitrogens is 1. The van der Waals surface area contributed by atoms with Crippen LogP contribution in [0.4, 0.5) is 0 Å². The topological polar surface area (TPSA) is 196 Å². The van der Waals surface area contributed by atoms with Gasteiger partial charge in [0.1, 0.15) is 23.8 Å². The summed E-state index contributed by atoms with van der Waals surface area (Å²) in [6.45, 7) is 2.67. The summed E-state index contributed by atoms with van der Waals surface area (Å²) in [4.78, 5) is 64.9. The number of hydrogen-bond acceptors (Lipinski definition) is 6. The molecular formula is C25H34N6O6. The van der Waals surface area contributed by atoms with E-state index in [9.17, 15) is 29.1 Å². The third-order valence-corrected chi connectivity index (χ3v) is 5.68. The van der Waals surface area contributed by atoms with Crippen LogP contribution in [0.15, 0.2) is 48.7 Å². The Bertz CT molecular complexity index is 1060. The summed E-state index contributed by atoms with van der Waals surface area (Å²) in [5.41, 5.74) is 6.17. The largest absolute Gasteiger partial charge is 0.394 e. The fraction of sp³-hybridized carbons (Fsp3) is 0.400. The first-order valence-corrected chi connectivity index (χ1v) is 12.0. The van der Waals surface area contributed by atoms with Gasteiger partial charge in [-0.2, -0.15) is 0 Å². The molecule has 0 fully saturated rings. The molecule has 0 aliphatic carbocycles. The van der Waals surface area contributed by atoms with Gasteiger partial charge >= 0.3 is 0 Å². The van der Waals surface area contributed by atoms with Crippen molar-refractivity contribution >= 4 is 29.5 Å². The second kappa shape index (κ2) is 14.4. The fourth-order valence-corrected chi connectivity index (χ4v) is 3.55. The summed E-state index contributed by atoms with van der Waals surface area (Å²) in [6, 6.07) is 7.88. The minimum atomic E-state index is -1.34. The number of aliphatic hydroxyl groups excluding tert-OH is 1. The van der Waals surface area contributed by atoms with Crippen LogP contribution in [-0.4, -0.2) is 64.4 Å². The zero-order valence-corrected chi connectivity index (χ0v) is 20.8. The summed E-state index contributed by atoms with van der Waals surface area (Å²) >= 11 is 0. The second-order valence-electron chi connectivity index (χ2n) is 8.37. The summed E-state index contributed by atoms with van der Waals surface area (Å²) in [6.07, 6.45) is 1.90. The van der Waals surface area contributed by atoms with Crippen LogP contribution in [0.3, 0.4) is 0 Å². The number of aromatic amines is 1. The van der Waals surface area contributed by atoms with E-state index in [1.54, 1.807) is 62.5 Å². The van der Waals surface area contributed by atoms with E-state index in [1.807, 2.05) is 0 Å². The molecule has 0 saturated heterocycles. The van der Waals surface area contributed by atoms with Gasteiger partial charge in [-0.1, -0.05) is 44.2 Å². The van der Waals surface area contributed by atoms with Gasteiger partial charge in [0.2, 0.25) is 23.6 Å². The van der Waals surface area contributed by atoms with Crippen LogP contribution in [0.25, 0.3) is 0 Å². The third kappa shape index (κ3) is 8.76. The molecular weight excluding hydrogens is 480 g/mol. The van der Waals surface area contributed by atoms with Gasteiger partial charge in [0.15, 0.2) is 0 Å². The predicted octanol–water partition coefficient (Wildman–Crippen LogP) is -0.372. The van der Waals surface area contributed by atoms with Crippen molar-refractivity contribution in [2.75, 3.05) is 6.61 Å². The number of aliphatic hydroxyl groups is 1. The van der Waals surface area contributed by atoms with Crippen LogP contribution < -0.4 is 27.0 Å². The summed E-state index contributed by atoms with van der Waals surface area (Å²) in [5, 5.41) is 20.1. The van der Waals surface area contributed by atoms with Crippen LogP contribution in [0, 0.1) is 0 Å². The molecule has 1 aromatic carbocycles. The van der Waals surface area contributed by atoms with Gasteiger partial charge in [-0.3, -0.25) is 24.0 Å². The van der Waals surface area contributed by atoms with E-state index in [1.165, 1.54) is 0 Å². The van der Waals surface area contributed by atoms with Gasteiger partial charge < -0.3 is 37.1 Å². The number of primary amides is 1. The summed E-state index contributed by atoms with van der Waals surface area (Å²) < 4.78 is 0. The van der Waals surface area contributed by atoms with E-state index in [0.29, 0.717) is 12.0 Å². The van der Waals surface area contributed by atoms with Crippen LogP contribution in [0.5, 0.6) is 0 Å². The maximum absolute atomic E-state index is 13.0. The Morgan fingerprint density at radius 2 is 1.49 bits per heavy atom. The molecule has 37 heavy (non-hydrogen) atoms. The van der Waals surface area contributed by atoms with Crippen molar-refractivity contribution in [3.05, 3.63) is 59.9 Å². The minimum absolute atomic E-state index is 0.213. The van der Waals surface area contributed by atoms with Crippen LogP contribution in [0.2, 0.25) is 0 Å². The first kappa shape index (κ1) is 29.0. The van der Waals surface area contributed by atoms with Gasteiger partial charge in [0.05, 0.1) is 19.1 Å². The van der Waals surface area contributed by atoms with E-state index in [0.717, 1.165) is 0 Å². The zero-order chi connectivity index (χ0) is 27.4. The SMILES string of the molecule is CC[C@H](NC(=O)C[C@H](NC(=O)[C@H](CO)NC(=O)[C@H](CC)NC(=O)c1ccc[nH]1)c1ccccc1)C(N)=O. The number of nitrogens with two attached hydrogens (primary N) is 1. The molecule has 0 saturated carbocycles. The van der Waals surface area contributed by atoms with Gasteiger partial charge in [-0.15, -0.1) is 0 Å². The highest BCUT2D eigenvalue weighted by Crippen LogP contribution is 2.17. The molecule has 1 aromatic heterocycles. The molecule has 200 valence electrons. The molecule has 12 heteroatoms. The molecule has 0 spiro atoms. The average Bonchev–Trinajstić information content (AvgIpc) is 3.43. The van der Waals surface area contributed by atoms with Gasteiger partial charge in [-0.25, -0.2) is 0 Å². The number of aromatic nitrogens is 1. The lowest BCUT2D eigenvalue weighted by Crippen LogP contribution is -2.55. The van der Waals surface area contributed by atoms with E-state index in [2.05, 4.69) is 26.3 Å². The molecule has 8 N–H and O–H groups in total. The second-order valence-corrected chi connectivity index (χ2v) is 8.37. The molecule has 0 radical (unpaired) electrons. The van der Waals surface area contributed by atoms with E-state index in [-0.39, 0.29) is 18.5 Å². The average molecular weight is 515 g/mol. The monoisotopic (exact) mass is 514 g/mol. The van der Waals surface area contributed by atoms with Gasteiger partial charge in [-0.05, 0) is 30.5 Å². The number of benzene rings is 1. The lowest BCUT2D eigenvalue weighted by Gasteiger charge is -2.25. The molecule has 2 rings (SSSR count). The van der Waals surface area contributed by atoms with Gasteiger partial charge in [0.25, 0.3) is 5.91 Å². The number of hydrogen-bond donors (Lipinski definition) is 7. The van der Waals surface area contributed by atoms with Crippen molar-refractivity contribution in [1.82, 2.24) is 26.3 Å². The van der Waals surface area contributed by atoms with E-state index in [4.69, 9.17) is 5.73 Å². The van der Waals surface area contributed by atoms with E-state index >= 15 is 0 Å². The molecule has 0 aliphatic heterocycles. The Morgan fingerprint density at radius 1 is 0.838 bits per heavy atom. The van der Waals surface area contributed by atoms with E-state index < -0.39 is 60.3 Å². The van der Waals surface area contributed by atoms with Crippen LogP contribution in [0.1, 0.15) is 55.2 Å². The van der Waals surface area contributed by atoms with Crippen molar-refractivity contribution in [3.8, 4) is 0 Å². The summed E-state index contributed by atoms with van der Waals surface area (Å²) in [7, 11) is 0. The molecule has 0 bridgehead atoms. The van der Waals surface area contributed by atoms with Crippen molar-refractivity contribution in [2.24, 2.45) is 5.73 Å². The predicted molar refractivity (Wildman–Crippen MR) is 135 cm³/mol. The Morgan fingerprint density at radius 3 is 2.03 bits per heavy atom. The highest BCUT2D eigenvalue weighted by molar-refractivity contribution is 5.97. The smallest absolute Gasteiger partial charge is 0.268 e. The number of carbonyl (C=O) groups is 5. The number of rotatable bonds is 14. The standard InChI is InChI=1S/C25H34N6O6/c1-3-16(22(26)34)28-21(33)13-19(15-9-6-5-7-10-15)30-25(37)20(14-32)31-23(35)17(4-2)29-24(36)18-11-8-12-27-18/h5-12,16-17,19-20,27,32H,3-4,13-14H2,1-2H3,(H2,26,34)(H,28,33)(H,29,36)(H,30,37)(H,31,35)/t16-,17-,19-,20-/m0/s1. The number of nitrogens with one attached hydrogen (secondary N) is 5. The van der Waals surface area contributed by atoms with Crippen LogP contribution in [-0.2, 0) is 19.2 Å². The molecule has 12 nitrogen and oxygen atoms in total. The third-order valence-electron chi connectivity index (χ3n) is 5.68. The normalized spacial score (nSPS) is 13.9. The minimum Gasteiger partial charge on any atom is -0.394 e. The fourth-order valence-electron chi connectivity index (χ4n) is 3.55. The Kier molecular flexibility index (Phi) is 11.3. The lowest BCUT2D eigenvalue weighted by atomic mass is 10.0. The maximum atomic E-state index is 13.0. The van der Waals surface area contributed by atoms with Crippen molar-refractivity contribution < 1.29 is 29.1 Å². The number of amides is 5. The van der Waals surface area contributed by atoms with Gasteiger partial charge in [0, 0.05) is 6.20 Å². The number of carbonyl (C=O) groups excluding carboxylic acids is 5. The molecule has 0 aliphatic rings. The first-order valence-electron chi connectivity index (χ1n) is 12.0. The molecule has 5 amide bonds. The zero-order valence-electron chi connectivity index (χ0n) is 20.8. The van der Waals surface area contributed by atoms with Crippen molar-refractivity contribution in [1.29, 1.82) is 0 Å². The molecule has 2 aromatic rings. The van der Waals surface area contributed by atoms with Crippen LogP contribution >= 0.6 is 0 Å². The highest BCUT2D eigenvalue weighted by atomic mass is 16.3. The highest BCUT2D eigenvalue weighted by Gasteiger charge is 2.28. The molecule has 1 heterocycles. The van der Waals surface area contributed by atoms with Crippen molar-refractivity contribution in [3.63, 3.8) is 0 Å². The maximum Gasteiger partial charge on any atom is 0.268 e. The Hall–Kier alpha value is -4.19.